The Morgan fingerprint density at radius 3 is 2.79 bits per heavy atom. The predicted molar refractivity (Wildman–Crippen MR) is 107 cm³/mol. The van der Waals surface area contributed by atoms with Crippen molar-refractivity contribution in [3.05, 3.63) is 29.5 Å². The standard InChI is InChI=1S/C21H29N5O3/c1-14-10-18(24-29-14)23-19(27)13-25(2)21(28)16-8-9-26-17(11-16)12-22-20(26)15-6-4-3-5-7-15/h10,12,15-16H,3-9,11,13H2,1-2H3,(H,23,24,27)/t16-/m0/s1. The van der Waals surface area contributed by atoms with Gasteiger partial charge >= 0.3 is 0 Å². The van der Waals surface area contributed by atoms with Gasteiger partial charge in [-0.3, -0.25) is 9.59 Å². The average molecular weight is 399 g/mol. The van der Waals surface area contributed by atoms with Gasteiger partial charge in [0.05, 0.1) is 6.54 Å². The smallest absolute Gasteiger partial charge is 0.245 e. The van der Waals surface area contributed by atoms with Crippen LogP contribution in [0.2, 0.25) is 0 Å². The predicted octanol–water partition coefficient (Wildman–Crippen LogP) is 2.89. The van der Waals surface area contributed by atoms with Crippen molar-refractivity contribution in [3.63, 3.8) is 0 Å². The Bertz CT molecular complexity index is 881. The Balaban J connectivity index is 1.34. The topological polar surface area (TPSA) is 93.3 Å². The molecule has 8 nitrogen and oxygen atoms in total. The van der Waals surface area contributed by atoms with E-state index in [1.165, 1.54) is 42.8 Å². The highest BCUT2D eigenvalue weighted by atomic mass is 16.5. The number of nitrogens with one attached hydrogen (secondary N) is 1. The van der Waals surface area contributed by atoms with Gasteiger partial charge in [-0.05, 0) is 26.2 Å². The van der Waals surface area contributed by atoms with Gasteiger partial charge < -0.3 is 19.3 Å². The molecule has 156 valence electrons. The number of rotatable bonds is 5. The van der Waals surface area contributed by atoms with E-state index in [0.29, 0.717) is 23.9 Å². The number of hydrogen-bond donors (Lipinski definition) is 1. The summed E-state index contributed by atoms with van der Waals surface area (Å²) < 4.78 is 7.27. The summed E-state index contributed by atoms with van der Waals surface area (Å²) >= 11 is 0. The van der Waals surface area contributed by atoms with Crippen molar-refractivity contribution < 1.29 is 14.1 Å². The summed E-state index contributed by atoms with van der Waals surface area (Å²) in [5, 5.41) is 6.40. The molecule has 1 aliphatic heterocycles. The van der Waals surface area contributed by atoms with Gasteiger partial charge in [-0.25, -0.2) is 4.98 Å². The average Bonchev–Trinajstić information content (AvgIpc) is 3.33. The van der Waals surface area contributed by atoms with Crippen LogP contribution in [0.3, 0.4) is 0 Å². The second-order valence-corrected chi connectivity index (χ2v) is 8.35. The van der Waals surface area contributed by atoms with Crippen molar-refractivity contribution in [2.45, 2.75) is 64.3 Å². The number of hydrogen-bond acceptors (Lipinski definition) is 5. The van der Waals surface area contributed by atoms with Crippen molar-refractivity contribution in [1.82, 2.24) is 19.6 Å². The maximum Gasteiger partial charge on any atom is 0.245 e. The summed E-state index contributed by atoms with van der Waals surface area (Å²) in [7, 11) is 1.68. The van der Waals surface area contributed by atoms with Crippen LogP contribution in [0.15, 0.2) is 16.8 Å². The molecule has 2 amide bonds. The van der Waals surface area contributed by atoms with E-state index in [1.54, 1.807) is 20.0 Å². The summed E-state index contributed by atoms with van der Waals surface area (Å²) in [6, 6.07) is 1.64. The van der Waals surface area contributed by atoms with Gasteiger partial charge in [0.1, 0.15) is 11.6 Å². The molecule has 2 aliphatic rings. The number of amides is 2. The molecular weight excluding hydrogens is 370 g/mol. The fourth-order valence-electron chi connectivity index (χ4n) is 4.60. The number of aryl methyl sites for hydroxylation is 1. The monoisotopic (exact) mass is 399 g/mol. The van der Waals surface area contributed by atoms with E-state index < -0.39 is 0 Å². The maximum absolute atomic E-state index is 12.9. The molecule has 2 aromatic heterocycles. The highest BCUT2D eigenvalue weighted by Gasteiger charge is 2.31. The van der Waals surface area contributed by atoms with Crippen LogP contribution in [-0.2, 0) is 22.6 Å². The number of nitrogens with zero attached hydrogens (tertiary/aromatic N) is 4. The minimum absolute atomic E-state index is 0.00292. The lowest BCUT2D eigenvalue weighted by Crippen LogP contribution is -2.41. The minimum atomic E-state index is -0.283. The van der Waals surface area contributed by atoms with Gasteiger partial charge in [0.25, 0.3) is 0 Å². The fourth-order valence-corrected chi connectivity index (χ4v) is 4.60. The van der Waals surface area contributed by atoms with E-state index >= 15 is 0 Å². The van der Waals surface area contributed by atoms with E-state index in [9.17, 15) is 9.59 Å². The third-order valence-electron chi connectivity index (χ3n) is 6.10. The fraction of sp³-hybridized carbons (Fsp3) is 0.619. The van der Waals surface area contributed by atoms with Crippen LogP contribution in [0.1, 0.15) is 61.7 Å². The molecule has 0 aromatic carbocycles. The second kappa shape index (κ2) is 8.39. The molecule has 29 heavy (non-hydrogen) atoms. The number of fused-ring (bicyclic) bond motifs is 1. The van der Waals surface area contributed by atoms with Gasteiger partial charge in [0.2, 0.25) is 11.8 Å². The van der Waals surface area contributed by atoms with Gasteiger partial charge in [-0.2, -0.15) is 0 Å². The van der Waals surface area contributed by atoms with Crippen LogP contribution in [0.25, 0.3) is 0 Å². The van der Waals surface area contributed by atoms with Crippen molar-refractivity contribution in [3.8, 4) is 0 Å². The van der Waals surface area contributed by atoms with Crippen LogP contribution in [0, 0.1) is 12.8 Å². The molecule has 0 bridgehead atoms. The van der Waals surface area contributed by atoms with Gasteiger partial charge in [0.15, 0.2) is 5.82 Å². The van der Waals surface area contributed by atoms with Crippen LogP contribution in [0.5, 0.6) is 0 Å². The molecule has 0 unspecified atom stereocenters. The van der Waals surface area contributed by atoms with Gasteiger partial charge in [-0.1, -0.05) is 24.4 Å². The van der Waals surface area contributed by atoms with Crippen molar-refractivity contribution in [2.24, 2.45) is 5.92 Å². The van der Waals surface area contributed by atoms with E-state index in [1.807, 2.05) is 6.20 Å². The summed E-state index contributed by atoms with van der Waals surface area (Å²) in [6.45, 7) is 2.58. The molecule has 1 N–H and O–H groups in total. The van der Waals surface area contributed by atoms with Crippen LogP contribution in [-0.4, -0.2) is 45.0 Å². The highest BCUT2D eigenvalue weighted by Crippen LogP contribution is 2.34. The molecule has 1 saturated carbocycles. The molecule has 8 heteroatoms. The van der Waals surface area contributed by atoms with Crippen LogP contribution in [0.4, 0.5) is 5.82 Å². The largest absolute Gasteiger partial charge is 0.360 e. The minimum Gasteiger partial charge on any atom is -0.360 e. The first-order valence-electron chi connectivity index (χ1n) is 10.5. The molecule has 4 rings (SSSR count). The van der Waals surface area contributed by atoms with Crippen LogP contribution < -0.4 is 5.32 Å². The van der Waals surface area contributed by atoms with Crippen molar-refractivity contribution in [1.29, 1.82) is 0 Å². The molecular formula is C21H29N5O3. The number of anilines is 1. The first kappa shape index (κ1) is 19.7. The quantitative estimate of drug-likeness (QED) is 0.834. The van der Waals surface area contributed by atoms with Crippen molar-refractivity contribution in [2.75, 3.05) is 18.9 Å². The summed E-state index contributed by atoms with van der Waals surface area (Å²) in [5.41, 5.74) is 1.14. The number of likely N-dealkylation sites (N-methyl/N-ethyl adjacent to an activating group) is 1. The lowest BCUT2D eigenvalue weighted by molar-refractivity contribution is -0.137. The molecule has 0 spiro atoms. The first-order chi connectivity index (χ1) is 14.0. The molecule has 1 fully saturated rings. The number of carbonyl (C=O) groups is 2. The molecule has 1 atom stereocenters. The molecule has 0 saturated heterocycles. The van der Waals surface area contributed by atoms with Gasteiger partial charge in [0, 0.05) is 49.8 Å². The third-order valence-corrected chi connectivity index (χ3v) is 6.10. The summed E-state index contributed by atoms with van der Waals surface area (Å²) in [4.78, 5) is 31.3. The molecule has 3 heterocycles. The Morgan fingerprint density at radius 2 is 2.07 bits per heavy atom. The SMILES string of the molecule is Cc1cc(NC(=O)CN(C)C(=O)[C@H]2CCn3c(cnc3C3CCCCC3)C2)no1. The summed E-state index contributed by atoms with van der Waals surface area (Å²) in [6.07, 6.45) is 9.77. The Labute approximate surface area is 170 Å². The molecule has 1 aliphatic carbocycles. The normalized spacial score (nSPS) is 19.6. The first-order valence-corrected chi connectivity index (χ1v) is 10.5. The van der Waals surface area contributed by atoms with E-state index in [2.05, 4.69) is 15.0 Å². The number of carbonyl (C=O) groups excluding carboxylic acids is 2. The zero-order valence-electron chi connectivity index (χ0n) is 17.2. The zero-order valence-corrected chi connectivity index (χ0v) is 17.2. The second-order valence-electron chi connectivity index (χ2n) is 8.35. The highest BCUT2D eigenvalue weighted by molar-refractivity contribution is 5.94. The molecule has 0 radical (unpaired) electrons. The Kier molecular flexibility index (Phi) is 5.69. The number of imidazole rings is 1. The Hall–Kier alpha value is -2.64. The van der Waals surface area contributed by atoms with E-state index in [0.717, 1.165) is 18.7 Å². The van der Waals surface area contributed by atoms with Crippen molar-refractivity contribution >= 4 is 17.6 Å². The lowest BCUT2D eigenvalue weighted by Gasteiger charge is -2.29. The third kappa shape index (κ3) is 4.36. The van der Waals surface area contributed by atoms with Crippen LogP contribution >= 0.6 is 0 Å². The Morgan fingerprint density at radius 1 is 1.28 bits per heavy atom. The number of aromatic nitrogens is 3. The maximum atomic E-state index is 12.9. The van der Waals surface area contributed by atoms with Gasteiger partial charge in [-0.15, -0.1) is 0 Å². The summed E-state index contributed by atoms with van der Waals surface area (Å²) in [5.74, 6) is 2.38. The molecule has 2 aromatic rings. The zero-order chi connectivity index (χ0) is 20.4. The van der Waals surface area contributed by atoms with E-state index in [4.69, 9.17) is 9.51 Å². The lowest BCUT2D eigenvalue weighted by atomic mass is 9.88. The van der Waals surface area contributed by atoms with E-state index in [-0.39, 0.29) is 24.3 Å².